The van der Waals surface area contributed by atoms with Crippen LogP contribution in [0.5, 0.6) is 0 Å². The first-order chi connectivity index (χ1) is 12.5. The average Bonchev–Trinajstić information content (AvgIpc) is 3.26. The van der Waals surface area contributed by atoms with E-state index in [0.717, 1.165) is 22.2 Å². The predicted octanol–water partition coefficient (Wildman–Crippen LogP) is 5.61. The Morgan fingerprint density at radius 3 is 2.77 bits per heavy atom. The van der Waals surface area contributed by atoms with Crippen molar-refractivity contribution in [2.24, 2.45) is 0 Å². The van der Waals surface area contributed by atoms with Crippen molar-refractivity contribution in [1.29, 1.82) is 0 Å². The molecule has 26 heavy (non-hydrogen) atoms. The first-order valence-corrected chi connectivity index (χ1v) is 8.41. The number of furan rings is 1. The third-order valence-corrected chi connectivity index (χ3v) is 4.35. The Bertz CT molecular complexity index is 1110. The molecule has 2 aromatic heterocycles. The highest BCUT2D eigenvalue weighted by atomic mass is 35.5. The maximum atomic E-state index is 12.2. The van der Waals surface area contributed by atoms with Crippen molar-refractivity contribution in [2.75, 3.05) is 5.32 Å². The van der Waals surface area contributed by atoms with Crippen LogP contribution in [0.2, 0.25) is 5.02 Å². The van der Waals surface area contributed by atoms with Gasteiger partial charge in [0, 0.05) is 5.69 Å². The van der Waals surface area contributed by atoms with Gasteiger partial charge in [-0.2, -0.15) is 0 Å². The standard InChI is InChI=1S/C20H15ClN2O3/c1-11-8-12(2)18-16(9-11)23-20(26-18)14-10-13(5-6-15(14)21)22-19(24)17-4-3-7-25-17/h3-10H,1-2H3,(H,22,24). The number of aromatic nitrogens is 1. The summed E-state index contributed by atoms with van der Waals surface area (Å²) in [5, 5.41) is 3.26. The van der Waals surface area contributed by atoms with Gasteiger partial charge in [0.2, 0.25) is 5.89 Å². The highest BCUT2D eigenvalue weighted by Crippen LogP contribution is 2.33. The molecule has 4 rings (SSSR count). The Morgan fingerprint density at radius 2 is 2.00 bits per heavy atom. The van der Waals surface area contributed by atoms with Crippen LogP contribution in [0.25, 0.3) is 22.6 Å². The van der Waals surface area contributed by atoms with E-state index in [1.54, 1.807) is 30.3 Å². The van der Waals surface area contributed by atoms with Crippen LogP contribution in [-0.2, 0) is 0 Å². The van der Waals surface area contributed by atoms with E-state index >= 15 is 0 Å². The number of anilines is 1. The van der Waals surface area contributed by atoms with Crippen molar-refractivity contribution >= 4 is 34.3 Å². The first kappa shape index (κ1) is 16.4. The van der Waals surface area contributed by atoms with Gasteiger partial charge < -0.3 is 14.2 Å². The molecule has 4 aromatic rings. The Morgan fingerprint density at radius 1 is 1.15 bits per heavy atom. The van der Waals surface area contributed by atoms with Crippen LogP contribution in [0.1, 0.15) is 21.7 Å². The average molecular weight is 367 g/mol. The molecule has 0 bridgehead atoms. The lowest BCUT2D eigenvalue weighted by Gasteiger charge is -2.06. The molecule has 0 spiro atoms. The fraction of sp³-hybridized carbons (Fsp3) is 0.100. The van der Waals surface area contributed by atoms with E-state index in [4.69, 9.17) is 20.4 Å². The quantitative estimate of drug-likeness (QED) is 0.511. The normalized spacial score (nSPS) is 11.0. The zero-order chi connectivity index (χ0) is 18.3. The lowest BCUT2D eigenvalue weighted by molar-refractivity contribution is 0.0996. The molecule has 2 aromatic carbocycles. The molecule has 0 aliphatic heterocycles. The maximum absolute atomic E-state index is 12.2. The SMILES string of the molecule is Cc1cc(C)c2oc(-c3cc(NC(=O)c4ccco4)ccc3Cl)nc2c1. The molecular formula is C20H15ClN2O3. The summed E-state index contributed by atoms with van der Waals surface area (Å²) in [5.74, 6) is 0.301. The van der Waals surface area contributed by atoms with Crippen LogP contribution in [0, 0.1) is 13.8 Å². The lowest BCUT2D eigenvalue weighted by atomic mass is 10.1. The summed E-state index contributed by atoms with van der Waals surface area (Å²) in [7, 11) is 0. The van der Waals surface area contributed by atoms with E-state index < -0.39 is 0 Å². The fourth-order valence-electron chi connectivity index (χ4n) is 2.86. The van der Waals surface area contributed by atoms with Gasteiger partial charge >= 0.3 is 0 Å². The third-order valence-electron chi connectivity index (χ3n) is 4.02. The van der Waals surface area contributed by atoms with Gasteiger partial charge in [-0.05, 0) is 61.4 Å². The molecule has 1 amide bonds. The molecule has 0 saturated heterocycles. The van der Waals surface area contributed by atoms with E-state index in [-0.39, 0.29) is 11.7 Å². The fourth-order valence-corrected chi connectivity index (χ4v) is 3.06. The summed E-state index contributed by atoms with van der Waals surface area (Å²) in [6, 6.07) is 12.4. The van der Waals surface area contributed by atoms with Crippen molar-refractivity contribution in [1.82, 2.24) is 4.98 Å². The van der Waals surface area contributed by atoms with Gasteiger partial charge in [-0.25, -0.2) is 4.98 Å². The Balaban J connectivity index is 1.72. The highest BCUT2D eigenvalue weighted by Gasteiger charge is 2.16. The van der Waals surface area contributed by atoms with Gasteiger partial charge in [-0.1, -0.05) is 17.7 Å². The predicted molar refractivity (Wildman–Crippen MR) is 101 cm³/mol. The molecule has 0 radical (unpaired) electrons. The van der Waals surface area contributed by atoms with Crippen molar-refractivity contribution in [3.05, 3.63) is 70.6 Å². The van der Waals surface area contributed by atoms with Gasteiger partial charge in [-0.15, -0.1) is 0 Å². The second-order valence-electron chi connectivity index (χ2n) is 6.08. The topological polar surface area (TPSA) is 68.3 Å². The van der Waals surface area contributed by atoms with E-state index in [9.17, 15) is 4.79 Å². The van der Waals surface area contributed by atoms with Gasteiger partial charge in [0.1, 0.15) is 5.52 Å². The van der Waals surface area contributed by atoms with Crippen LogP contribution in [0.15, 0.2) is 57.6 Å². The summed E-state index contributed by atoms with van der Waals surface area (Å²) in [4.78, 5) is 16.7. The lowest BCUT2D eigenvalue weighted by Crippen LogP contribution is -2.10. The van der Waals surface area contributed by atoms with Gasteiger partial charge in [-0.3, -0.25) is 4.79 Å². The minimum Gasteiger partial charge on any atom is -0.459 e. The maximum Gasteiger partial charge on any atom is 0.291 e. The zero-order valence-electron chi connectivity index (χ0n) is 14.2. The molecule has 2 heterocycles. The Labute approximate surface area is 154 Å². The number of hydrogen-bond acceptors (Lipinski definition) is 4. The number of hydrogen-bond donors (Lipinski definition) is 1. The monoisotopic (exact) mass is 366 g/mol. The van der Waals surface area contributed by atoms with E-state index in [2.05, 4.69) is 10.3 Å². The molecule has 0 aliphatic rings. The van der Waals surface area contributed by atoms with Crippen molar-refractivity contribution in [2.45, 2.75) is 13.8 Å². The number of rotatable bonds is 3. The molecule has 0 atom stereocenters. The second-order valence-corrected chi connectivity index (χ2v) is 6.48. The van der Waals surface area contributed by atoms with Crippen LogP contribution < -0.4 is 5.32 Å². The van der Waals surface area contributed by atoms with Gasteiger partial charge in [0.25, 0.3) is 5.91 Å². The number of nitrogens with one attached hydrogen (secondary N) is 1. The number of aryl methyl sites for hydroxylation is 2. The molecule has 0 saturated carbocycles. The molecule has 0 unspecified atom stereocenters. The van der Waals surface area contributed by atoms with E-state index in [0.29, 0.717) is 22.2 Å². The van der Waals surface area contributed by atoms with Crippen LogP contribution in [0.3, 0.4) is 0 Å². The second kappa shape index (κ2) is 6.35. The molecule has 130 valence electrons. The van der Waals surface area contributed by atoms with E-state index in [1.807, 2.05) is 26.0 Å². The summed E-state index contributed by atoms with van der Waals surface area (Å²) in [5.41, 5.74) is 4.81. The summed E-state index contributed by atoms with van der Waals surface area (Å²) in [6.07, 6.45) is 1.45. The minimum atomic E-state index is -0.340. The van der Waals surface area contributed by atoms with Crippen LogP contribution in [0.4, 0.5) is 5.69 Å². The highest BCUT2D eigenvalue weighted by molar-refractivity contribution is 6.33. The van der Waals surface area contributed by atoms with Crippen LogP contribution in [-0.4, -0.2) is 10.9 Å². The van der Waals surface area contributed by atoms with Crippen molar-refractivity contribution in [3.63, 3.8) is 0 Å². The van der Waals surface area contributed by atoms with E-state index in [1.165, 1.54) is 6.26 Å². The Hall–Kier alpha value is -3.05. The molecular weight excluding hydrogens is 352 g/mol. The summed E-state index contributed by atoms with van der Waals surface area (Å²) >= 11 is 6.33. The van der Waals surface area contributed by atoms with Crippen LogP contribution >= 0.6 is 11.6 Å². The van der Waals surface area contributed by atoms with Crippen molar-refractivity contribution in [3.8, 4) is 11.5 Å². The zero-order valence-corrected chi connectivity index (χ0v) is 14.9. The number of carbonyl (C=O) groups is 1. The number of oxazole rings is 1. The summed E-state index contributed by atoms with van der Waals surface area (Å²) < 4.78 is 11.0. The smallest absolute Gasteiger partial charge is 0.291 e. The van der Waals surface area contributed by atoms with Gasteiger partial charge in [0.15, 0.2) is 11.3 Å². The number of fused-ring (bicyclic) bond motifs is 1. The molecule has 5 nitrogen and oxygen atoms in total. The first-order valence-electron chi connectivity index (χ1n) is 8.04. The number of carbonyl (C=O) groups excluding carboxylic acids is 1. The molecule has 0 aliphatic carbocycles. The molecule has 6 heteroatoms. The largest absolute Gasteiger partial charge is 0.459 e. The molecule has 1 N–H and O–H groups in total. The van der Waals surface area contributed by atoms with Gasteiger partial charge in [0.05, 0.1) is 16.8 Å². The third kappa shape index (κ3) is 2.97. The number of halogens is 1. The minimum absolute atomic E-state index is 0.231. The number of amides is 1. The Kier molecular flexibility index (Phi) is 4.01. The molecule has 0 fully saturated rings. The number of nitrogens with zero attached hydrogens (tertiary/aromatic N) is 1. The number of benzene rings is 2. The van der Waals surface area contributed by atoms with Crippen molar-refractivity contribution < 1.29 is 13.6 Å². The summed E-state index contributed by atoms with van der Waals surface area (Å²) in [6.45, 7) is 3.99.